The molecular weight excluding hydrogens is 776 g/mol. The summed E-state index contributed by atoms with van der Waals surface area (Å²) >= 11 is 0. The molecule has 0 radical (unpaired) electrons. The largest absolute Gasteiger partial charge is 0.507 e. The van der Waals surface area contributed by atoms with Crippen molar-refractivity contribution < 1.29 is 93.7 Å². The van der Waals surface area contributed by atoms with Crippen LogP contribution >= 0.6 is 0 Å². The maximum atomic E-state index is 14.7. The van der Waals surface area contributed by atoms with E-state index in [2.05, 4.69) is 0 Å². The van der Waals surface area contributed by atoms with Gasteiger partial charge in [-0.25, -0.2) is 0 Å². The Morgan fingerprint density at radius 3 is 2.14 bits per heavy atom. The van der Waals surface area contributed by atoms with Gasteiger partial charge in [0.15, 0.2) is 18.2 Å². The number of aromatic hydroxyl groups is 1. The van der Waals surface area contributed by atoms with Crippen LogP contribution in [0.3, 0.4) is 0 Å². The van der Waals surface area contributed by atoms with E-state index in [1.54, 1.807) is 12.1 Å². The number of phenolic OH excluding ortho intramolecular Hbond substituents is 1. The second-order valence-corrected chi connectivity index (χ2v) is 15.2. The second-order valence-electron chi connectivity index (χ2n) is 15.2. The van der Waals surface area contributed by atoms with Gasteiger partial charge in [0.2, 0.25) is 23.8 Å². The maximum Gasteiger partial charge on any atom is 0.239 e. The highest BCUT2D eigenvalue weighted by Gasteiger charge is 2.50. The summed E-state index contributed by atoms with van der Waals surface area (Å²) in [5.74, 6) is -1.43. The van der Waals surface area contributed by atoms with Gasteiger partial charge in [-0.3, -0.25) is 4.79 Å². The molecule has 0 unspecified atom stereocenters. The first-order valence-electron chi connectivity index (χ1n) is 18.5. The normalized spacial score (nSPS) is 34.5. The van der Waals surface area contributed by atoms with Crippen molar-refractivity contribution in [2.24, 2.45) is 0 Å². The van der Waals surface area contributed by atoms with E-state index >= 15 is 0 Å². The second kappa shape index (κ2) is 17.5. The third kappa shape index (κ3) is 8.76. The Morgan fingerprint density at radius 2 is 1.50 bits per heavy atom. The summed E-state index contributed by atoms with van der Waals surface area (Å²) in [5.41, 5.74) is -2.31. The molecule has 0 bridgehead atoms. The quantitative estimate of drug-likeness (QED) is 0.0917. The van der Waals surface area contributed by atoms with Gasteiger partial charge in [0.25, 0.3) is 0 Å². The van der Waals surface area contributed by atoms with E-state index in [4.69, 9.17) is 37.6 Å². The minimum atomic E-state index is -1.86. The topological polar surface area (TPSA) is 317 Å². The Hall–Kier alpha value is -3.71. The predicted molar refractivity (Wildman–Crippen MR) is 195 cm³/mol. The number of aryl methyl sites for hydroxylation is 1. The van der Waals surface area contributed by atoms with Crippen LogP contribution in [-0.4, -0.2) is 168 Å². The fraction of sp³-hybridized carbons (Fsp3) is 0.605. The highest BCUT2D eigenvalue weighted by atomic mass is 16.8. The summed E-state index contributed by atoms with van der Waals surface area (Å²) in [5, 5.41) is 116. The Balaban J connectivity index is 1.51. The van der Waals surface area contributed by atoms with Gasteiger partial charge < -0.3 is 93.7 Å². The fourth-order valence-corrected chi connectivity index (χ4v) is 6.87. The lowest BCUT2D eigenvalue weighted by molar-refractivity contribution is -0.341. The smallest absolute Gasteiger partial charge is 0.239 e. The number of aliphatic hydroxyl groups excluding tert-OH is 9. The minimum Gasteiger partial charge on any atom is -0.507 e. The molecule has 6 rings (SSSR count). The van der Waals surface area contributed by atoms with Gasteiger partial charge in [0.1, 0.15) is 83.2 Å². The van der Waals surface area contributed by atoms with E-state index in [9.17, 15) is 61.0 Å². The zero-order valence-electron chi connectivity index (χ0n) is 31.9. The minimum absolute atomic E-state index is 0.0194. The number of fused-ring (bicyclic) bond motifs is 1. The van der Waals surface area contributed by atoms with Crippen molar-refractivity contribution >= 4 is 11.0 Å². The molecule has 58 heavy (non-hydrogen) atoms. The molecule has 3 aliphatic rings. The van der Waals surface area contributed by atoms with Crippen LogP contribution in [0.15, 0.2) is 39.5 Å². The number of hydrogen-bond acceptors (Lipinski definition) is 20. The van der Waals surface area contributed by atoms with Crippen molar-refractivity contribution in [2.45, 2.75) is 125 Å². The number of aliphatic hydroxyl groups is 10. The predicted octanol–water partition coefficient (Wildman–Crippen LogP) is -2.27. The van der Waals surface area contributed by atoms with E-state index in [0.29, 0.717) is 5.75 Å². The SMILES string of the molecule is COc1ccc(-c2oc3c(CCC(C)(C)O)c(O[C@@H]4O[C@H](CO)[C@@H](O)[C@H](O)[C@H]4O)cc(O)c3c(=O)c2O[C@@H]2O[C@@H](C)[C@H](O)[C@@H](O)[C@H]2O[C@@H]2OC[C@H](O)[C@@H](O)[C@H]2O)cc1. The molecule has 2 aromatic carbocycles. The molecule has 20 nitrogen and oxygen atoms in total. The van der Waals surface area contributed by atoms with Gasteiger partial charge in [-0.2, -0.15) is 0 Å². The van der Waals surface area contributed by atoms with Crippen molar-refractivity contribution in [1.82, 2.24) is 0 Å². The lowest BCUT2D eigenvalue weighted by Crippen LogP contribution is -2.62. The summed E-state index contributed by atoms with van der Waals surface area (Å²) in [7, 11) is 1.43. The summed E-state index contributed by atoms with van der Waals surface area (Å²) in [4.78, 5) is 14.7. The van der Waals surface area contributed by atoms with Crippen LogP contribution in [0.5, 0.6) is 23.0 Å². The van der Waals surface area contributed by atoms with E-state index in [1.165, 1.54) is 40.0 Å². The van der Waals surface area contributed by atoms with E-state index in [0.717, 1.165) is 6.07 Å². The zero-order valence-corrected chi connectivity index (χ0v) is 31.9. The molecule has 0 amide bonds. The van der Waals surface area contributed by atoms with Gasteiger partial charge in [-0.1, -0.05) is 0 Å². The average molecular weight is 827 g/mol. The highest BCUT2D eigenvalue weighted by molar-refractivity contribution is 5.91. The number of rotatable bonds is 12. The van der Waals surface area contributed by atoms with Crippen LogP contribution < -0.4 is 19.6 Å². The molecule has 3 aliphatic heterocycles. The summed E-state index contributed by atoms with van der Waals surface area (Å²) in [6.07, 6.45) is -23.2. The van der Waals surface area contributed by atoms with E-state index in [1.807, 2.05) is 0 Å². The van der Waals surface area contributed by atoms with Crippen molar-refractivity contribution in [3.63, 3.8) is 0 Å². The maximum absolute atomic E-state index is 14.7. The van der Waals surface area contributed by atoms with Crippen molar-refractivity contribution in [3.05, 3.63) is 46.1 Å². The van der Waals surface area contributed by atoms with Crippen molar-refractivity contribution in [2.75, 3.05) is 20.3 Å². The number of phenols is 1. The van der Waals surface area contributed by atoms with Gasteiger partial charge in [0.05, 0.1) is 32.0 Å². The molecule has 0 aliphatic carbocycles. The standard InChI is InChI=1S/C38H50O20/c1-14-23(42)28(47)34(58-35-29(48)24(43)19(41)13-52-35)37(53-14)57-33-26(45)22-18(40)11-20(54-36-30(49)27(46)25(44)21(12-39)55-36)17(9-10-38(2,3)50)32(22)56-31(33)15-5-7-16(51-4)8-6-15/h5-8,11,14,19,21,23-25,27-30,34-37,39-44,46-50H,9-10,12-13H2,1-4H3/t14-,19-,21+,23-,24+,25+,27-,28+,29+,30+,34+,35-,36+,37-/m0/s1. The van der Waals surface area contributed by atoms with E-state index < -0.39 is 127 Å². The average Bonchev–Trinajstić information content (AvgIpc) is 3.18. The third-order valence-electron chi connectivity index (χ3n) is 10.4. The molecule has 3 fully saturated rings. The van der Waals surface area contributed by atoms with Crippen LogP contribution in [0, 0.1) is 0 Å². The Morgan fingerprint density at radius 1 is 0.828 bits per heavy atom. The molecule has 20 heteroatoms. The Kier molecular flexibility index (Phi) is 13.2. The summed E-state index contributed by atoms with van der Waals surface area (Å²) < 4.78 is 46.4. The number of ether oxygens (including phenoxy) is 7. The zero-order chi connectivity index (χ0) is 42.4. The van der Waals surface area contributed by atoms with Crippen LogP contribution in [0.4, 0.5) is 0 Å². The first kappa shape index (κ1) is 43.9. The highest BCUT2D eigenvalue weighted by Crippen LogP contribution is 2.42. The van der Waals surface area contributed by atoms with Crippen LogP contribution in [0.1, 0.15) is 32.8 Å². The van der Waals surface area contributed by atoms with Crippen LogP contribution in [0.25, 0.3) is 22.3 Å². The number of hydrogen-bond donors (Lipinski definition) is 11. The summed E-state index contributed by atoms with van der Waals surface area (Å²) in [6, 6.07) is 7.11. The van der Waals surface area contributed by atoms with Crippen molar-refractivity contribution in [3.8, 4) is 34.3 Å². The molecule has 11 N–H and O–H groups in total. The molecule has 0 spiro atoms. The third-order valence-corrected chi connectivity index (χ3v) is 10.4. The molecule has 1 aromatic heterocycles. The molecule has 322 valence electrons. The fourth-order valence-electron chi connectivity index (χ4n) is 6.87. The van der Waals surface area contributed by atoms with Crippen molar-refractivity contribution in [1.29, 1.82) is 0 Å². The number of benzene rings is 2. The Bertz CT molecular complexity index is 1930. The lowest BCUT2D eigenvalue weighted by Gasteiger charge is -2.44. The molecule has 4 heterocycles. The first-order valence-corrected chi connectivity index (χ1v) is 18.5. The van der Waals surface area contributed by atoms with Gasteiger partial charge in [0, 0.05) is 17.2 Å². The molecule has 3 saturated heterocycles. The van der Waals surface area contributed by atoms with Gasteiger partial charge in [-0.15, -0.1) is 0 Å². The molecule has 0 saturated carbocycles. The summed E-state index contributed by atoms with van der Waals surface area (Å²) in [6.45, 7) is 3.22. The Labute approximate surface area is 330 Å². The monoisotopic (exact) mass is 826 g/mol. The van der Waals surface area contributed by atoms with Gasteiger partial charge >= 0.3 is 0 Å². The first-order chi connectivity index (χ1) is 27.3. The molecule has 14 atom stereocenters. The molecule has 3 aromatic rings. The lowest BCUT2D eigenvalue weighted by atomic mass is 9.96. The number of methoxy groups -OCH3 is 1. The van der Waals surface area contributed by atoms with Crippen LogP contribution in [0.2, 0.25) is 0 Å². The molecular formula is C38H50O20. The van der Waals surface area contributed by atoms with Crippen LogP contribution in [-0.2, 0) is 25.4 Å². The van der Waals surface area contributed by atoms with E-state index in [-0.39, 0.29) is 41.1 Å². The van der Waals surface area contributed by atoms with Gasteiger partial charge in [-0.05, 0) is 57.9 Å².